The molecule has 12 nitrogen and oxygen atoms in total. The summed E-state index contributed by atoms with van der Waals surface area (Å²) in [6.45, 7) is 1.96. The van der Waals surface area contributed by atoms with Crippen molar-refractivity contribution in [1.29, 1.82) is 0 Å². The second-order valence-corrected chi connectivity index (χ2v) is 2.28. The van der Waals surface area contributed by atoms with Gasteiger partial charge in [-0.2, -0.15) is 4.98 Å². The lowest BCUT2D eigenvalue weighted by Gasteiger charge is -1.99. The molecule has 0 aliphatic rings. The number of nitrogens with zero attached hydrogens (tertiary/aromatic N) is 4. The van der Waals surface area contributed by atoms with Gasteiger partial charge < -0.3 is 15.5 Å². The maximum atomic E-state index is 10.0. The van der Waals surface area contributed by atoms with E-state index < -0.39 is 10.2 Å². The second-order valence-electron chi connectivity index (χ2n) is 2.28. The molecule has 0 atom stereocenters. The highest BCUT2D eigenvalue weighted by Crippen LogP contribution is 2.17. The molecule has 98 valence electrons. The number of imidazole rings is 1. The lowest BCUT2D eigenvalue weighted by molar-refractivity contribution is -0.715. The molecule has 0 spiro atoms. The van der Waals surface area contributed by atoms with Gasteiger partial charge in [-0.15, -0.1) is 20.2 Å². The first-order valence-corrected chi connectivity index (χ1v) is 3.74. The standard InChI is InChI=1S/C5H6N4O6.2H2O/c1-2-7-3-4(14-8(10)11)6-5(7)15-9(12)13;;/h3H,2H2,1H3;2*1H2. The van der Waals surface area contributed by atoms with Crippen LogP contribution in [0.4, 0.5) is 0 Å². The van der Waals surface area contributed by atoms with Crippen molar-refractivity contribution in [3.8, 4) is 11.9 Å². The molecule has 0 aromatic carbocycles. The molecule has 4 N–H and O–H groups in total. The number of aryl methyl sites for hydroxylation is 1. The van der Waals surface area contributed by atoms with Crippen LogP contribution in [0.2, 0.25) is 0 Å². The van der Waals surface area contributed by atoms with Gasteiger partial charge in [-0.3, -0.25) is 4.84 Å². The Morgan fingerprint density at radius 2 is 1.82 bits per heavy atom. The first-order valence-electron chi connectivity index (χ1n) is 3.74. The van der Waals surface area contributed by atoms with Crippen LogP contribution in [-0.4, -0.2) is 30.7 Å². The second kappa shape index (κ2) is 6.91. The van der Waals surface area contributed by atoms with Crippen molar-refractivity contribution in [2.75, 3.05) is 0 Å². The van der Waals surface area contributed by atoms with Crippen LogP contribution in [0.3, 0.4) is 0 Å². The van der Waals surface area contributed by atoms with Crippen LogP contribution < -0.4 is 9.68 Å². The molecule has 0 aliphatic carbocycles. The van der Waals surface area contributed by atoms with E-state index in [4.69, 9.17) is 0 Å². The molecule has 0 unspecified atom stereocenters. The Balaban J connectivity index is 0. The lowest BCUT2D eigenvalue weighted by Crippen LogP contribution is -2.08. The van der Waals surface area contributed by atoms with Gasteiger partial charge in [0.25, 0.3) is 6.01 Å². The van der Waals surface area contributed by atoms with E-state index in [9.17, 15) is 20.2 Å². The third-order valence-electron chi connectivity index (χ3n) is 1.38. The topological polar surface area (TPSA) is 186 Å². The summed E-state index contributed by atoms with van der Waals surface area (Å²) in [5.74, 6) is -0.376. The Morgan fingerprint density at radius 1 is 1.29 bits per heavy atom. The summed E-state index contributed by atoms with van der Waals surface area (Å²) in [5.41, 5.74) is 0. The molecular weight excluding hydrogens is 244 g/mol. The zero-order valence-electron chi connectivity index (χ0n) is 8.52. The number of rotatable bonds is 5. The van der Waals surface area contributed by atoms with E-state index in [2.05, 4.69) is 14.7 Å². The smallest absolute Gasteiger partial charge is 0.302 e. The lowest BCUT2D eigenvalue weighted by atomic mass is 10.7. The minimum Gasteiger partial charge on any atom is -0.412 e. The summed E-state index contributed by atoms with van der Waals surface area (Å²) < 4.78 is 1.20. The van der Waals surface area contributed by atoms with Gasteiger partial charge in [-0.05, 0) is 6.92 Å². The van der Waals surface area contributed by atoms with Crippen molar-refractivity contribution in [3.63, 3.8) is 0 Å². The van der Waals surface area contributed by atoms with Crippen LogP contribution in [0.15, 0.2) is 6.20 Å². The summed E-state index contributed by atoms with van der Waals surface area (Å²) in [6, 6.07) is -0.376. The highest BCUT2D eigenvalue weighted by molar-refractivity contribution is 5.12. The van der Waals surface area contributed by atoms with Crippen molar-refractivity contribution in [3.05, 3.63) is 26.4 Å². The fourth-order valence-corrected chi connectivity index (χ4v) is 0.862. The van der Waals surface area contributed by atoms with Gasteiger partial charge in [0.05, 0.1) is 6.20 Å². The third kappa shape index (κ3) is 4.72. The van der Waals surface area contributed by atoms with Crippen LogP contribution in [0.25, 0.3) is 0 Å². The molecule has 0 saturated carbocycles. The van der Waals surface area contributed by atoms with Gasteiger partial charge in [0.1, 0.15) is 0 Å². The van der Waals surface area contributed by atoms with Crippen molar-refractivity contribution in [2.45, 2.75) is 13.5 Å². The van der Waals surface area contributed by atoms with Crippen LogP contribution in [0.5, 0.6) is 11.9 Å². The van der Waals surface area contributed by atoms with Gasteiger partial charge in [0.15, 0.2) is 0 Å². The fourth-order valence-electron chi connectivity index (χ4n) is 0.862. The van der Waals surface area contributed by atoms with Gasteiger partial charge in [0, 0.05) is 6.54 Å². The Morgan fingerprint density at radius 3 is 2.24 bits per heavy atom. The normalized spacial score (nSPS) is 8.53. The van der Waals surface area contributed by atoms with Crippen LogP contribution >= 0.6 is 0 Å². The summed E-state index contributed by atoms with van der Waals surface area (Å²) in [5, 5.41) is 17.8. The van der Waals surface area contributed by atoms with Gasteiger partial charge >= 0.3 is 10.2 Å². The fraction of sp³-hybridized carbons (Fsp3) is 0.400. The van der Waals surface area contributed by atoms with Crippen molar-refractivity contribution < 1.29 is 30.8 Å². The Kier molecular flexibility index (Phi) is 6.89. The molecule has 1 rings (SSSR count). The van der Waals surface area contributed by atoms with Crippen LogP contribution in [0, 0.1) is 20.2 Å². The van der Waals surface area contributed by atoms with Crippen molar-refractivity contribution in [2.24, 2.45) is 0 Å². The van der Waals surface area contributed by atoms with Gasteiger partial charge in [0.2, 0.25) is 5.88 Å². The van der Waals surface area contributed by atoms with E-state index in [0.29, 0.717) is 6.54 Å². The zero-order chi connectivity index (χ0) is 11.4. The van der Waals surface area contributed by atoms with E-state index in [1.807, 2.05) is 0 Å². The van der Waals surface area contributed by atoms with E-state index in [-0.39, 0.29) is 22.8 Å². The van der Waals surface area contributed by atoms with E-state index >= 15 is 0 Å². The molecule has 0 amide bonds. The quantitative estimate of drug-likeness (QED) is 0.446. The first kappa shape index (κ1) is 16.9. The highest BCUT2D eigenvalue weighted by Gasteiger charge is 2.13. The summed E-state index contributed by atoms with van der Waals surface area (Å²) in [6.07, 6.45) is 1.13. The first-order chi connectivity index (χ1) is 7.02. The Labute approximate surface area is 93.2 Å². The predicted octanol–water partition coefficient (Wildman–Crippen LogP) is -1.61. The molecule has 0 saturated heterocycles. The van der Waals surface area contributed by atoms with Crippen LogP contribution in [-0.2, 0) is 6.54 Å². The third-order valence-corrected chi connectivity index (χ3v) is 1.38. The summed E-state index contributed by atoms with van der Waals surface area (Å²) >= 11 is 0. The minimum atomic E-state index is -1.07. The summed E-state index contributed by atoms with van der Waals surface area (Å²) in [4.78, 5) is 31.5. The SMILES string of the molecule is CCn1cc(O[N+](=O)[O-])nc1O[N+](=O)[O-].O.O. The zero-order valence-corrected chi connectivity index (χ0v) is 8.52. The minimum absolute atomic E-state index is 0. The van der Waals surface area contributed by atoms with E-state index in [1.165, 1.54) is 4.57 Å². The molecule has 0 aliphatic heterocycles. The largest absolute Gasteiger partial charge is 0.412 e. The molecule has 1 aromatic rings. The molecule has 0 fully saturated rings. The average Bonchev–Trinajstić information content (AvgIpc) is 2.45. The molecule has 12 heteroatoms. The molecule has 1 heterocycles. The Hall–Kier alpha value is -2.47. The maximum Gasteiger partial charge on any atom is 0.302 e. The number of hydrogen-bond acceptors (Lipinski definition) is 7. The highest BCUT2D eigenvalue weighted by atomic mass is 17.0. The summed E-state index contributed by atoms with van der Waals surface area (Å²) in [7, 11) is 0. The average molecular weight is 254 g/mol. The predicted molar refractivity (Wildman–Crippen MR) is 50.4 cm³/mol. The number of hydrogen-bond donors (Lipinski definition) is 0. The molecule has 0 bridgehead atoms. The van der Waals surface area contributed by atoms with Gasteiger partial charge in [-0.25, -0.2) is 4.84 Å². The molecule has 1 aromatic heterocycles. The van der Waals surface area contributed by atoms with E-state index in [1.54, 1.807) is 6.92 Å². The van der Waals surface area contributed by atoms with Crippen molar-refractivity contribution >= 4 is 0 Å². The van der Waals surface area contributed by atoms with Crippen molar-refractivity contribution in [1.82, 2.24) is 9.55 Å². The number of aromatic nitrogens is 2. The van der Waals surface area contributed by atoms with Crippen LogP contribution in [0.1, 0.15) is 6.92 Å². The molecule has 17 heavy (non-hydrogen) atoms. The molecule has 0 radical (unpaired) electrons. The Bertz CT molecular complexity index is 389. The maximum absolute atomic E-state index is 10.0. The molecular formula is C5H10N4O8. The van der Waals surface area contributed by atoms with E-state index in [0.717, 1.165) is 6.20 Å². The van der Waals surface area contributed by atoms with Gasteiger partial charge in [-0.1, -0.05) is 0 Å². The monoisotopic (exact) mass is 254 g/mol.